The second-order valence-electron chi connectivity index (χ2n) is 7.40. The standard InChI is InChI=1S/C24H22FN3O/c1-15-4-8-19(9-5-15)26-23(29)13-21-24(18-7-10-20(25)17(3)12-18)27-22-11-6-16(2)14-28(21)22/h4-12,14H,13H2,1-3H3,(H,26,29). The first-order valence-electron chi connectivity index (χ1n) is 9.51. The minimum atomic E-state index is -0.257. The number of pyridine rings is 1. The van der Waals surface area contributed by atoms with Crippen LogP contribution in [0.4, 0.5) is 10.1 Å². The van der Waals surface area contributed by atoms with Gasteiger partial charge in [-0.1, -0.05) is 23.8 Å². The van der Waals surface area contributed by atoms with Crippen LogP contribution >= 0.6 is 0 Å². The van der Waals surface area contributed by atoms with Crippen molar-refractivity contribution in [1.82, 2.24) is 9.38 Å². The lowest BCUT2D eigenvalue weighted by Gasteiger charge is -2.09. The van der Waals surface area contributed by atoms with E-state index in [0.29, 0.717) is 11.3 Å². The number of hydrogen-bond acceptors (Lipinski definition) is 2. The number of benzene rings is 2. The molecule has 2 heterocycles. The third kappa shape index (κ3) is 3.90. The molecule has 0 aliphatic rings. The van der Waals surface area contributed by atoms with Crippen molar-refractivity contribution in [1.29, 1.82) is 0 Å². The Morgan fingerprint density at radius 3 is 2.45 bits per heavy atom. The monoisotopic (exact) mass is 387 g/mol. The summed E-state index contributed by atoms with van der Waals surface area (Å²) in [6.07, 6.45) is 2.13. The molecule has 4 nitrogen and oxygen atoms in total. The molecule has 1 amide bonds. The summed E-state index contributed by atoms with van der Waals surface area (Å²) < 4.78 is 15.7. The fourth-order valence-electron chi connectivity index (χ4n) is 3.39. The predicted molar refractivity (Wildman–Crippen MR) is 114 cm³/mol. The third-order valence-electron chi connectivity index (χ3n) is 4.96. The maximum atomic E-state index is 13.8. The largest absolute Gasteiger partial charge is 0.326 e. The number of halogens is 1. The van der Waals surface area contributed by atoms with E-state index >= 15 is 0 Å². The third-order valence-corrected chi connectivity index (χ3v) is 4.96. The molecule has 0 saturated heterocycles. The molecule has 29 heavy (non-hydrogen) atoms. The second-order valence-corrected chi connectivity index (χ2v) is 7.40. The van der Waals surface area contributed by atoms with Crippen molar-refractivity contribution in [3.63, 3.8) is 0 Å². The first-order valence-corrected chi connectivity index (χ1v) is 9.51. The second kappa shape index (κ2) is 7.51. The van der Waals surface area contributed by atoms with Gasteiger partial charge in [0.15, 0.2) is 0 Å². The van der Waals surface area contributed by atoms with Crippen LogP contribution in [0.15, 0.2) is 60.8 Å². The number of nitrogens with one attached hydrogen (secondary N) is 1. The van der Waals surface area contributed by atoms with Crippen molar-refractivity contribution in [2.75, 3.05) is 5.32 Å². The van der Waals surface area contributed by atoms with E-state index in [4.69, 9.17) is 4.98 Å². The molecule has 146 valence electrons. The van der Waals surface area contributed by atoms with Gasteiger partial charge in [0, 0.05) is 17.4 Å². The summed E-state index contributed by atoms with van der Waals surface area (Å²) in [5, 5.41) is 2.95. The molecule has 0 spiro atoms. The Balaban J connectivity index is 1.74. The highest BCUT2D eigenvalue weighted by Gasteiger charge is 2.18. The van der Waals surface area contributed by atoms with E-state index in [1.165, 1.54) is 6.07 Å². The van der Waals surface area contributed by atoms with E-state index in [-0.39, 0.29) is 18.1 Å². The van der Waals surface area contributed by atoms with E-state index < -0.39 is 0 Å². The zero-order chi connectivity index (χ0) is 20.5. The SMILES string of the molecule is Cc1ccc(NC(=O)Cc2c(-c3ccc(F)c(C)c3)nc3ccc(C)cn23)cc1. The minimum Gasteiger partial charge on any atom is -0.326 e. The molecule has 2 aromatic heterocycles. The van der Waals surface area contributed by atoms with E-state index in [2.05, 4.69) is 5.32 Å². The molecule has 1 N–H and O–H groups in total. The van der Waals surface area contributed by atoms with Crippen molar-refractivity contribution in [2.24, 2.45) is 0 Å². The van der Waals surface area contributed by atoms with Crippen LogP contribution in [0.25, 0.3) is 16.9 Å². The van der Waals surface area contributed by atoms with Gasteiger partial charge in [0.05, 0.1) is 17.8 Å². The van der Waals surface area contributed by atoms with Crippen LogP contribution in [0.5, 0.6) is 0 Å². The molecular formula is C24H22FN3O. The van der Waals surface area contributed by atoms with Gasteiger partial charge in [-0.05, 0) is 68.3 Å². The van der Waals surface area contributed by atoms with Gasteiger partial charge < -0.3 is 9.72 Å². The number of aryl methyl sites for hydroxylation is 3. The lowest BCUT2D eigenvalue weighted by atomic mass is 10.1. The predicted octanol–water partition coefficient (Wildman–Crippen LogP) is 5.25. The zero-order valence-electron chi connectivity index (χ0n) is 16.7. The van der Waals surface area contributed by atoms with Crippen molar-refractivity contribution < 1.29 is 9.18 Å². The molecule has 0 aliphatic heterocycles. The summed E-state index contributed by atoms with van der Waals surface area (Å²) in [6.45, 7) is 5.73. The van der Waals surface area contributed by atoms with Crippen LogP contribution in [0.1, 0.15) is 22.4 Å². The Bertz CT molecular complexity index is 1210. The maximum Gasteiger partial charge on any atom is 0.230 e. The van der Waals surface area contributed by atoms with Gasteiger partial charge in [0.25, 0.3) is 0 Å². The number of carbonyl (C=O) groups excluding carboxylic acids is 1. The van der Waals surface area contributed by atoms with Crippen molar-refractivity contribution in [3.05, 3.63) is 89.0 Å². The molecule has 4 rings (SSSR count). The lowest BCUT2D eigenvalue weighted by Crippen LogP contribution is -2.16. The zero-order valence-corrected chi connectivity index (χ0v) is 16.7. The van der Waals surface area contributed by atoms with E-state index in [1.807, 2.05) is 60.8 Å². The van der Waals surface area contributed by atoms with Gasteiger partial charge in [0.1, 0.15) is 11.5 Å². The summed E-state index contributed by atoms with van der Waals surface area (Å²) in [5.74, 6) is -0.385. The van der Waals surface area contributed by atoms with E-state index in [0.717, 1.165) is 33.7 Å². The van der Waals surface area contributed by atoms with Crippen molar-refractivity contribution in [3.8, 4) is 11.3 Å². The number of amides is 1. The summed E-state index contributed by atoms with van der Waals surface area (Å²) in [5.41, 5.74) is 6.52. The molecule has 0 bridgehead atoms. The molecule has 0 radical (unpaired) electrons. The van der Waals surface area contributed by atoms with Crippen molar-refractivity contribution >= 4 is 17.2 Å². The molecule has 0 fully saturated rings. The van der Waals surface area contributed by atoms with E-state index in [1.54, 1.807) is 19.1 Å². The lowest BCUT2D eigenvalue weighted by molar-refractivity contribution is -0.115. The van der Waals surface area contributed by atoms with Gasteiger partial charge in [-0.15, -0.1) is 0 Å². The van der Waals surface area contributed by atoms with Gasteiger partial charge in [0.2, 0.25) is 5.91 Å². The first kappa shape index (κ1) is 18.9. The topological polar surface area (TPSA) is 46.4 Å². The molecule has 0 atom stereocenters. The van der Waals surface area contributed by atoms with Gasteiger partial charge in [-0.3, -0.25) is 4.79 Å². The minimum absolute atomic E-state index is 0.128. The number of carbonyl (C=O) groups is 1. The molecule has 2 aromatic carbocycles. The first-order chi connectivity index (χ1) is 13.9. The Kier molecular flexibility index (Phi) is 4.89. The normalized spacial score (nSPS) is 11.0. The summed E-state index contributed by atoms with van der Waals surface area (Å²) in [4.78, 5) is 17.5. The summed E-state index contributed by atoms with van der Waals surface area (Å²) >= 11 is 0. The Morgan fingerprint density at radius 2 is 1.72 bits per heavy atom. The number of aromatic nitrogens is 2. The highest BCUT2D eigenvalue weighted by atomic mass is 19.1. The number of anilines is 1. The van der Waals surface area contributed by atoms with Crippen LogP contribution in [0, 0.1) is 26.6 Å². The Labute approximate surface area is 169 Å². The smallest absolute Gasteiger partial charge is 0.230 e. The number of imidazole rings is 1. The van der Waals surface area contributed by atoms with Crippen LogP contribution in [0.3, 0.4) is 0 Å². The summed E-state index contributed by atoms with van der Waals surface area (Å²) in [7, 11) is 0. The number of nitrogens with zero attached hydrogens (tertiary/aromatic N) is 2. The molecule has 4 aromatic rings. The number of hydrogen-bond donors (Lipinski definition) is 1. The van der Waals surface area contributed by atoms with E-state index in [9.17, 15) is 9.18 Å². The summed E-state index contributed by atoms with van der Waals surface area (Å²) in [6, 6.07) is 16.5. The fourth-order valence-corrected chi connectivity index (χ4v) is 3.39. The quantitative estimate of drug-likeness (QED) is 0.520. The Morgan fingerprint density at radius 1 is 1.00 bits per heavy atom. The highest BCUT2D eigenvalue weighted by Crippen LogP contribution is 2.27. The fraction of sp³-hybridized carbons (Fsp3) is 0.167. The molecule has 0 aliphatic carbocycles. The highest BCUT2D eigenvalue weighted by molar-refractivity contribution is 5.93. The van der Waals surface area contributed by atoms with Crippen LogP contribution < -0.4 is 5.32 Å². The molecule has 0 saturated carbocycles. The number of fused-ring (bicyclic) bond motifs is 1. The van der Waals surface area contributed by atoms with Gasteiger partial charge in [-0.2, -0.15) is 0 Å². The van der Waals surface area contributed by atoms with Crippen molar-refractivity contribution in [2.45, 2.75) is 27.2 Å². The molecular weight excluding hydrogens is 365 g/mol. The molecule has 0 unspecified atom stereocenters. The maximum absolute atomic E-state index is 13.8. The average Bonchev–Trinajstić information content (AvgIpc) is 3.03. The van der Waals surface area contributed by atoms with Gasteiger partial charge in [-0.25, -0.2) is 9.37 Å². The number of rotatable bonds is 4. The van der Waals surface area contributed by atoms with Crippen LogP contribution in [-0.2, 0) is 11.2 Å². The average molecular weight is 387 g/mol. The van der Waals surface area contributed by atoms with Crippen LogP contribution in [-0.4, -0.2) is 15.3 Å². The Hall–Kier alpha value is -3.47. The molecule has 5 heteroatoms. The van der Waals surface area contributed by atoms with Gasteiger partial charge >= 0.3 is 0 Å². The van der Waals surface area contributed by atoms with Crippen LogP contribution in [0.2, 0.25) is 0 Å².